The first-order valence-electron chi connectivity index (χ1n) is 6.37. The summed E-state index contributed by atoms with van der Waals surface area (Å²) in [4.78, 5) is 4.30. The molecule has 0 atom stereocenters. The molecule has 1 aromatic heterocycles. The van der Waals surface area contributed by atoms with E-state index in [1.807, 2.05) is 43.3 Å². The van der Waals surface area contributed by atoms with Crippen LogP contribution in [0.4, 0.5) is 0 Å². The van der Waals surface area contributed by atoms with E-state index >= 15 is 0 Å². The van der Waals surface area contributed by atoms with Gasteiger partial charge in [0.05, 0.1) is 12.2 Å². The van der Waals surface area contributed by atoms with Gasteiger partial charge in [0.25, 0.3) is 0 Å². The summed E-state index contributed by atoms with van der Waals surface area (Å²) in [5, 5.41) is 6.13. The number of rotatable bonds is 4. The van der Waals surface area contributed by atoms with Crippen LogP contribution in [0.15, 0.2) is 40.9 Å². The van der Waals surface area contributed by atoms with Gasteiger partial charge in [-0.1, -0.05) is 35.5 Å². The molecule has 0 unspecified atom stereocenters. The van der Waals surface area contributed by atoms with E-state index in [-0.39, 0.29) is 5.88 Å². The minimum atomic E-state index is 0.196. The van der Waals surface area contributed by atoms with E-state index < -0.39 is 0 Å². The van der Waals surface area contributed by atoms with Crippen molar-refractivity contribution in [3.8, 4) is 17.1 Å². The van der Waals surface area contributed by atoms with Crippen molar-refractivity contribution >= 4 is 22.4 Å². The number of aromatic nitrogens is 2. The van der Waals surface area contributed by atoms with E-state index in [2.05, 4.69) is 10.1 Å². The zero-order valence-electron chi connectivity index (χ0n) is 11.0. The molecule has 20 heavy (non-hydrogen) atoms. The number of hydrogen-bond acceptors (Lipinski definition) is 4. The Labute approximate surface area is 121 Å². The van der Waals surface area contributed by atoms with Gasteiger partial charge in [-0.2, -0.15) is 4.98 Å². The summed E-state index contributed by atoms with van der Waals surface area (Å²) in [5.74, 6) is 1.84. The third-order valence-corrected chi connectivity index (χ3v) is 3.23. The molecule has 0 amide bonds. The predicted molar refractivity (Wildman–Crippen MR) is 78.0 cm³/mol. The third kappa shape index (κ3) is 2.23. The Morgan fingerprint density at radius 3 is 2.80 bits per heavy atom. The molecule has 1 heterocycles. The Bertz CT molecular complexity index is 740. The van der Waals surface area contributed by atoms with E-state index in [4.69, 9.17) is 20.9 Å². The Balaban J connectivity index is 2.26. The molecule has 2 aromatic carbocycles. The van der Waals surface area contributed by atoms with Crippen LogP contribution in [0, 0.1) is 0 Å². The highest BCUT2D eigenvalue weighted by Gasteiger charge is 2.16. The molecule has 0 saturated carbocycles. The minimum absolute atomic E-state index is 0.196. The number of hydrogen-bond donors (Lipinski definition) is 0. The predicted octanol–water partition coefficient (Wildman–Crippen LogP) is 4.03. The van der Waals surface area contributed by atoms with Gasteiger partial charge < -0.3 is 9.26 Å². The van der Waals surface area contributed by atoms with Crippen molar-refractivity contribution in [3.05, 3.63) is 42.3 Å². The highest BCUT2D eigenvalue weighted by molar-refractivity contribution is 6.16. The van der Waals surface area contributed by atoms with Gasteiger partial charge in [-0.3, -0.25) is 0 Å². The number of alkyl halides is 1. The SMILES string of the molecule is CCOc1ccc2ccccc2c1-c1noc(CCl)n1. The van der Waals surface area contributed by atoms with E-state index in [0.717, 1.165) is 22.1 Å². The molecule has 3 rings (SSSR count). The second-order valence-electron chi connectivity index (χ2n) is 4.24. The Hall–Kier alpha value is -2.07. The zero-order valence-corrected chi connectivity index (χ0v) is 11.7. The molecule has 5 heteroatoms. The molecule has 0 aliphatic rings. The molecule has 0 saturated heterocycles. The molecule has 4 nitrogen and oxygen atoms in total. The lowest BCUT2D eigenvalue weighted by molar-refractivity contribution is 0.341. The lowest BCUT2D eigenvalue weighted by Crippen LogP contribution is -1.96. The summed E-state index contributed by atoms with van der Waals surface area (Å²) in [6.07, 6.45) is 0. The molecular weight excluding hydrogens is 276 g/mol. The van der Waals surface area contributed by atoms with E-state index in [9.17, 15) is 0 Å². The second-order valence-corrected chi connectivity index (χ2v) is 4.51. The van der Waals surface area contributed by atoms with Crippen molar-refractivity contribution in [2.45, 2.75) is 12.8 Å². The Kier molecular flexibility index (Phi) is 3.56. The average molecular weight is 289 g/mol. The van der Waals surface area contributed by atoms with Gasteiger partial charge in [-0.15, -0.1) is 11.6 Å². The van der Waals surface area contributed by atoms with Gasteiger partial charge in [-0.25, -0.2) is 0 Å². The normalized spacial score (nSPS) is 10.9. The highest BCUT2D eigenvalue weighted by Crippen LogP contribution is 2.35. The molecular formula is C15H13ClN2O2. The number of fused-ring (bicyclic) bond motifs is 1. The lowest BCUT2D eigenvalue weighted by atomic mass is 10.0. The van der Waals surface area contributed by atoms with Gasteiger partial charge in [0.2, 0.25) is 11.7 Å². The van der Waals surface area contributed by atoms with Crippen LogP contribution in [0.2, 0.25) is 0 Å². The molecule has 0 aliphatic heterocycles. The summed E-state index contributed by atoms with van der Waals surface area (Å²) in [6, 6.07) is 12.0. The minimum Gasteiger partial charge on any atom is -0.493 e. The Morgan fingerprint density at radius 1 is 1.20 bits per heavy atom. The largest absolute Gasteiger partial charge is 0.493 e. The molecule has 0 radical (unpaired) electrons. The van der Waals surface area contributed by atoms with Gasteiger partial charge >= 0.3 is 0 Å². The molecule has 3 aromatic rings. The first-order valence-corrected chi connectivity index (χ1v) is 6.90. The fourth-order valence-electron chi connectivity index (χ4n) is 2.17. The summed E-state index contributed by atoms with van der Waals surface area (Å²) < 4.78 is 10.8. The topological polar surface area (TPSA) is 48.2 Å². The van der Waals surface area contributed by atoms with E-state index in [0.29, 0.717) is 18.3 Å². The first-order chi connectivity index (χ1) is 9.83. The number of halogens is 1. The van der Waals surface area contributed by atoms with Crippen LogP contribution in [-0.2, 0) is 5.88 Å². The van der Waals surface area contributed by atoms with Gasteiger partial charge in [0.1, 0.15) is 11.6 Å². The molecule has 0 spiro atoms. The summed E-state index contributed by atoms with van der Waals surface area (Å²) in [7, 11) is 0. The number of ether oxygens (including phenoxy) is 1. The van der Waals surface area contributed by atoms with E-state index in [1.54, 1.807) is 0 Å². The van der Waals surface area contributed by atoms with Crippen molar-refractivity contribution < 1.29 is 9.26 Å². The van der Waals surface area contributed by atoms with Crippen molar-refractivity contribution in [2.24, 2.45) is 0 Å². The Morgan fingerprint density at radius 2 is 2.05 bits per heavy atom. The average Bonchev–Trinajstić information content (AvgIpc) is 2.96. The van der Waals surface area contributed by atoms with Gasteiger partial charge in [-0.05, 0) is 23.8 Å². The van der Waals surface area contributed by atoms with Crippen molar-refractivity contribution in [1.82, 2.24) is 10.1 Å². The summed E-state index contributed by atoms with van der Waals surface area (Å²) in [6.45, 7) is 2.52. The fraction of sp³-hybridized carbons (Fsp3) is 0.200. The highest BCUT2D eigenvalue weighted by atomic mass is 35.5. The third-order valence-electron chi connectivity index (χ3n) is 3.00. The first kappa shape index (κ1) is 12.9. The standard InChI is InChI=1S/C15H13ClN2O2/c1-2-19-12-8-7-10-5-3-4-6-11(10)14(12)15-17-13(9-16)20-18-15/h3-8H,2,9H2,1H3. The van der Waals surface area contributed by atoms with Crippen LogP contribution in [-0.4, -0.2) is 16.7 Å². The van der Waals surface area contributed by atoms with Gasteiger partial charge in [0.15, 0.2) is 0 Å². The quantitative estimate of drug-likeness (QED) is 0.680. The number of benzene rings is 2. The maximum Gasteiger partial charge on any atom is 0.241 e. The van der Waals surface area contributed by atoms with Crippen molar-refractivity contribution in [3.63, 3.8) is 0 Å². The van der Waals surface area contributed by atoms with Crippen molar-refractivity contribution in [1.29, 1.82) is 0 Å². The van der Waals surface area contributed by atoms with Crippen LogP contribution in [0.1, 0.15) is 12.8 Å². The smallest absolute Gasteiger partial charge is 0.241 e. The molecule has 0 fully saturated rings. The van der Waals surface area contributed by atoms with Crippen LogP contribution >= 0.6 is 11.6 Å². The zero-order chi connectivity index (χ0) is 13.9. The van der Waals surface area contributed by atoms with Crippen LogP contribution in [0.3, 0.4) is 0 Å². The van der Waals surface area contributed by atoms with Gasteiger partial charge in [0, 0.05) is 0 Å². The molecule has 102 valence electrons. The monoisotopic (exact) mass is 288 g/mol. The maximum absolute atomic E-state index is 5.72. The summed E-state index contributed by atoms with van der Waals surface area (Å²) >= 11 is 5.72. The summed E-state index contributed by atoms with van der Waals surface area (Å²) in [5.41, 5.74) is 0.838. The maximum atomic E-state index is 5.72. The van der Waals surface area contributed by atoms with Crippen LogP contribution in [0.25, 0.3) is 22.2 Å². The van der Waals surface area contributed by atoms with Crippen molar-refractivity contribution in [2.75, 3.05) is 6.61 Å². The molecule has 0 bridgehead atoms. The second kappa shape index (κ2) is 5.51. The van der Waals surface area contributed by atoms with Crippen LogP contribution < -0.4 is 4.74 Å². The lowest BCUT2D eigenvalue weighted by Gasteiger charge is -2.10. The fourth-order valence-corrected chi connectivity index (χ4v) is 2.28. The molecule has 0 aliphatic carbocycles. The van der Waals surface area contributed by atoms with Crippen LogP contribution in [0.5, 0.6) is 5.75 Å². The molecule has 0 N–H and O–H groups in total. The number of nitrogens with zero attached hydrogens (tertiary/aromatic N) is 2. The van der Waals surface area contributed by atoms with E-state index in [1.165, 1.54) is 0 Å².